The summed E-state index contributed by atoms with van der Waals surface area (Å²) in [5.41, 5.74) is 1.02. The van der Waals surface area contributed by atoms with Crippen molar-refractivity contribution in [3.05, 3.63) is 35.6 Å². The number of hydrogen-bond donors (Lipinski definition) is 1. The van der Waals surface area contributed by atoms with Crippen LogP contribution in [-0.2, 0) is 9.84 Å². The molecule has 1 aliphatic rings. The predicted octanol–water partition coefficient (Wildman–Crippen LogP) is 2.05. The maximum atomic E-state index is 12.8. The summed E-state index contributed by atoms with van der Waals surface area (Å²) in [6.45, 7) is 2.01. The lowest BCUT2D eigenvalue weighted by atomic mass is 10.1. The van der Waals surface area contributed by atoms with Crippen LogP contribution in [0, 0.1) is 5.82 Å². The highest BCUT2D eigenvalue weighted by atomic mass is 32.2. The largest absolute Gasteiger partial charge is 0.307 e. The molecule has 1 fully saturated rings. The Bertz CT molecular complexity index is 484. The first-order chi connectivity index (χ1) is 8.46. The number of hydrogen-bond acceptors (Lipinski definition) is 3. The topological polar surface area (TPSA) is 46.2 Å². The first kappa shape index (κ1) is 13.5. The predicted molar refractivity (Wildman–Crippen MR) is 69.6 cm³/mol. The number of nitrogens with one attached hydrogen (secondary N) is 1. The molecule has 0 unspecified atom stereocenters. The van der Waals surface area contributed by atoms with Crippen molar-refractivity contribution in [2.45, 2.75) is 31.8 Å². The van der Waals surface area contributed by atoms with Crippen molar-refractivity contribution < 1.29 is 12.8 Å². The van der Waals surface area contributed by atoms with Gasteiger partial charge in [-0.2, -0.15) is 0 Å². The average Bonchev–Trinajstić information content (AvgIpc) is 2.33. The maximum absolute atomic E-state index is 12.8. The van der Waals surface area contributed by atoms with E-state index < -0.39 is 9.84 Å². The summed E-state index contributed by atoms with van der Waals surface area (Å²) in [7, 11) is -2.81. The highest BCUT2D eigenvalue weighted by Gasteiger charge is 2.24. The number of sulfone groups is 1. The summed E-state index contributed by atoms with van der Waals surface area (Å²) >= 11 is 0. The molecule has 2 rings (SSSR count). The third kappa shape index (κ3) is 3.53. The standard InChI is InChI=1S/C13H18FNO2S/c1-10(11-2-4-12(14)5-3-11)15-13-6-8-18(16,17)9-7-13/h2-5,10,13,15H,6-9H2,1H3/t10-/m1/s1. The summed E-state index contributed by atoms with van der Waals surface area (Å²) in [6.07, 6.45) is 1.32. The molecule has 1 heterocycles. The summed E-state index contributed by atoms with van der Waals surface area (Å²) in [6, 6.07) is 6.74. The van der Waals surface area contributed by atoms with Crippen molar-refractivity contribution in [1.29, 1.82) is 0 Å². The van der Waals surface area contributed by atoms with Crippen molar-refractivity contribution in [3.63, 3.8) is 0 Å². The normalized spacial score (nSPS) is 21.7. The van der Waals surface area contributed by atoms with Gasteiger partial charge in [0.15, 0.2) is 0 Å². The van der Waals surface area contributed by atoms with Gasteiger partial charge in [-0.3, -0.25) is 0 Å². The van der Waals surface area contributed by atoms with E-state index in [-0.39, 0.29) is 29.4 Å². The second kappa shape index (κ2) is 5.36. The molecule has 18 heavy (non-hydrogen) atoms. The van der Waals surface area contributed by atoms with Crippen LogP contribution < -0.4 is 5.32 Å². The fourth-order valence-electron chi connectivity index (χ4n) is 2.26. The molecule has 0 saturated carbocycles. The SMILES string of the molecule is C[C@@H](NC1CCS(=O)(=O)CC1)c1ccc(F)cc1. The molecule has 1 aromatic rings. The van der Waals surface area contributed by atoms with Gasteiger partial charge in [-0.25, -0.2) is 12.8 Å². The Hall–Kier alpha value is -0.940. The number of halogens is 1. The van der Waals surface area contributed by atoms with E-state index in [1.807, 2.05) is 6.92 Å². The van der Waals surface area contributed by atoms with E-state index in [9.17, 15) is 12.8 Å². The molecule has 1 saturated heterocycles. The van der Waals surface area contributed by atoms with Crippen molar-refractivity contribution in [1.82, 2.24) is 5.32 Å². The fraction of sp³-hybridized carbons (Fsp3) is 0.538. The Morgan fingerprint density at radius 3 is 2.33 bits per heavy atom. The zero-order valence-corrected chi connectivity index (χ0v) is 11.2. The van der Waals surface area contributed by atoms with Gasteiger partial charge < -0.3 is 5.32 Å². The minimum Gasteiger partial charge on any atom is -0.307 e. The van der Waals surface area contributed by atoms with Gasteiger partial charge in [0.2, 0.25) is 0 Å². The van der Waals surface area contributed by atoms with Crippen LogP contribution in [0.5, 0.6) is 0 Å². The minimum atomic E-state index is -2.81. The van der Waals surface area contributed by atoms with Crippen LogP contribution in [0.1, 0.15) is 31.4 Å². The molecule has 0 bridgehead atoms. The molecular formula is C13H18FNO2S. The summed E-state index contributed by atoms with van der Waals surface area (Å²) < 4.78 is 35.4. The second-order valence-corrected chi connectivity index (χ2v) is 7.17. The Kier molecular flexibility index (Phi) is 4.02. The molecule has 100 valence electrons. The van der Waals surface area contributed by atoms with Crippen molar-refractivity contribution >= 4 is 9.84 Å². The van der Waals surface area contributed by atoms with E-state index >= 15 is 0 Å². The molecule has 0 spiro atoms. The van der Waals surface area contributed by atoms with Crippen LogP contribution in [-0.4, -0.2) is 26.0 Å². The Labute approximate surface area is 107 Å². The van der Waals surface area contributed by atoms with Gasteiger partial charge in [0, 0.05) is 12.1 Å². The lowest BCUT2D eigenvalue weighted by Crippen LogP contribution is -2.38. The van der Waals surface area contributed by atoms with Crippen LogP contribution >= 0.6 is 0 Å². The molecular weight excluding hydrogens is 253 g/mol. The molecule has 1 aromatic carbocycles. The van der Waals surface area contributed by atoms with Gasteiger partial charge in [0.25, 0.3) is 0 Å². The monoisotopic (exact) mass is 271 g/mol. The van der Waals surface area contributed by atoms with Crippen molar-refractivity contribution in [2.75, 3.05) is 11.5 Å². The van der Waals surface area contributed by atoms with E-state index in [2.05, 4.69) is 5.32 Å². The van der Waals surface area contributed by atoms with E-state index in [1.165, 1.54) is 12.1 Å². The van der Waals surface area contributed by atoms with Gasteiger partial charge >= 0.3 is 0 Å². The summed E-state index contributed by atoms with van der Waals surface area (Å²) in [4.78, 5) is 0. The first-order valence-corrected chi connectivity index (χ1v) is 8.00. The minimum absolute atomic E-state index is 0.108. The number of rotatable bonds is 3. The molecule has 1 atom stereocenters. The van der Waals surface area contributed by atoms with E-state index in [0.717, 1.165) is 5.56 Å². The molecule has 0 amide bonds. The molecule has 0 radical (unpaired) electrons. The molecule has 0 aliphatic carbocycles. The first-order valence-electron chi connectivity index (χ1n) is 6.18. The highest BCUT2D eigenvalue weighted by molar-refractivity contribution is 7.91. The highest BCUT2D eigenvalue weighted by Crippen LogP contribution is 2.18. The molecule has 1 aliphatic heterocycles. The van der Waals surface area contributed by atoms with Gasteiger partial charge in [-0.1, -0.05) is 12.1 Å². The Balaban J connectivity index is 1.92. The fourth-order valence-corrected chi connectivity index (χ4v) is 3.75. The number of benzene rings is 1. The van der Waals surface area contributed by atoms with E-state index in [1.54, 1.807) is 12.1 Å². The van der Waals surface area contributed by atoms with Gasteiger partial charge in [0.1, 0.15) is 15.7 Å². The Morgan fingerprint density at radius 1 is 1.22 bits per heavy atom. The zero-order valence-electron chi connectivity index (χ0n) is 10.4. The van der Waals surface area contributed by atoms with Gasteiger partial charge in [-0.15, -0.1) is 0 Å². The second-order valence-electron chi connectivity index (χ2n) is 4.87. The zero-order chi connectivity index (χ0) is 13.2. The molecule has 5 heteroatoms. The van der Waals surface area contributed by atoms with Crippen LogP contribution in [0.2, 0.25) is 0 Å². The van der Waals surface area contributed by atoms with Gasteiger partial charge in [-0.05, 0) is 37.5 Å². The lowest BCUT2D eigenvalue weighted by molar-refractivity contribution is 0.420. The van der Waals surface area contributed by atoms with Gasteiger partial charge in [0.05, 0.1) is 11.5 Å². The van der Waals surface area contributed by atoms with E-state index in [0.29, 0.717) is 12.8 Å². The van der Waals surface area contributed by atoms with E-state index in [4.69, 9.17) is 0 Å². The smallest absolute Gasteiger partial charge is 0.150 e. The third-order valence-corrected chi connectivity index (χ3v) is 5.13. The maximum Gasteiger partial charge on any atom is 0.150 e. The molecule has 3 nitrogen and oxygen atoms in total. The quantitative estimate of drug-likeness (QED) is 0.915. The van der Waals surface area contributed by atoms with Crippen molar-refractivity contribution in [2.24, 2.45) is 0 Å². The van der Waals surface area contributed by atoms with Crippen LogP contribution in [0.3, 0.4) is 0 Å². The third-order valence-electron chi connectivity index (χ3n) is 3.41. The molecule has 1 N–H and O–H groups in total. The summed E-state index contributed by atoms with van der Waals surface area (Å²) in [5, 5.41) is 3.41. The van der Waals surface area contributed by atoms with Crippen molar-refractivity contribution in [3.8, 4) is 0 Å². The van der Waals surface area contributed by atoms with Crippen LogP contribution in [0.25, 0.3) is 0 Å². The lowest BCUT2D eigenvalue weighted by Gasteiger charge is -2.26. The Morgan fingerprint density at radius 2 is 1.78 bits per heavy atom. The average molecular weight is 271 g/mol. The molecule has 0 aromatic heterocycles. The summed E-state index contributed by atoms with van der Waals surface area (Å²) in [5.74, 6) is 0.288. The van der Waals surface area contributed by atoms with Crippen LogP contribution in [0.15, 0.2) is 24.3 Å². The van der Waals surface area contributed by atoms with Crippen LogP contribution in [0.4, 0.5) is 4.39 Å².